The van der Waals surface area contributed by atoms with Gasteiger partial charge in [0.1, 0.15) is 30.5 Å². The second-order valence-corrected chi connectivity index (χ2v) is 11.1. The molecule has 17 heteroatoms. The number of aliphatic hydroxyl groups is 1. The lowest BCUT2D eigenvalue weighted by molar-refractivity contribution is -0.241. The van der Waals surface area contributed by atoms with Crippen LogP contribution in [0, 0.1) is 0 Å². The van der Waals surface area contributed by atoms with Crippen molar-refractivity contribution in [1.82, 2.24) is 20.2 Å². The quantitative estimate of drug-likeness (QED) is 0.202. The second kappa shape index (κ2) is 12.2. The van der Waals surface area contributed by atoms with Gasteiger partial charge in [0.05, 0.1) is 0 Å². The van der Waals surface area contributed by atoms with Crippen molar-refractivity contribution >= 4 is 17.7 Å². The molecule has 0 radical (unpaired) electrons. The van der Waals surface area contributed by atoms with Crippen molar-refractivity contribution in [3.05, 3.63) is 44.9 Å². The zero-order chi connectivity index (χ0) is 31.1. The molecule has 1 aromatic rings. The zero-order valence-corrected chi connectivity index (χ0v) is 23.7. The number of amides is 3. The summed E-state index contributed by atoms with van der Waals surface area (Å²) in [4.78, 5) is 64.4. The van der Waals surface area contributed by atoms with Crippen LogP contribution in [-0.4, -0.2) is 101 Å². The molecule has 6 N–H and O–H groups in total. The van der Waals surface area contributed by atoms with E-state index in [0.717, 1.165) is 29.7 Å². The lowest BCUT2D eigenvalue weighted by Crippen LogP contribution is -2.54. The van der Waals surface area contributed by atoms with E-state index in [0.29, 0.717) is 13.0 Å². The Balaban J connectivity index is 1.39. The van der Waals surface area contributed by atoms with Gasteiger partial charge in [-0.25, -0.2) is 4.79 Å². The van der Waals surface area contributed by atoms with E-state index >= 15 is 0 Å². The third-order valence-corrected chi connectivity index (χ3v) is 7.56. The summed E-state index contributed by atoms with van der Waals surface area (Å²) in [7, 11) is 1.25. The van der Waals surface area contributed by atoms with Gasteiger partial charge >= 0.3 is 5.69 Å². The molecule has 0 bridgehead atoms. The molecule has 43 heavy (non-hydrogen) atoms. The number of ether oxygens (including phenoxy) is 6. The number of nitrogens with two attached hydrogens (primary N) is 1. The number of primary amides is 1. The fourth-order valence-electron chi connectivity index (χ4n) is 5.58. The van der Waals surface area contributed by atoms with Gasteiger partial charge < -0.3 is 49.9 Å². The molecule has 5 heterocycles. The largest absolute Gasteiger partial charge is 0.456 e. The van der Waals surface area contributed by atoms with Gasteiger partial charge in [-0.1, -0.05) is 0 Å². The number of aliphatic hydroxyl groups excluding tert-OH is 1. The van der Waals surface area contributed by atoms with Crippen LogP contribution in [0.15, 0.2) is 33.7 Å². The van der Waals surface area contributed by atoms with E-state index in [2.05, 4.69) is 15.6 Å². The number of rotatable bonds is 8. The van der Waals surface area contributed by atoms with E-state index in [-0.39, 0.29) is 11.7 Å². The molecule has 4 aliphatic rings. The topological polar surface area (TPSA) is 232 Å². The highest BCUT2D eigenvalue weighted by Gasteiger charge is 2.55. The molecular weight excluding hydrogens is 574 g/mol. The molecule has 0 aromatic carbocycles. The Morgan fingerprint density at radius 3 is 2.70 bits per heavy atom. The van der Waals surface area contributed by atoms with E-state index in [1.807, 2.05) is 0 Å². The fraction of sp³-hybridized carbons (Fsp3) is 0.654. The molecule has 1 aromatic heterocycles. The number of fused-ring (bicyclic) bond motifs is 1. The highest BCUT2D eigenvalue weighted by Crippen LogP contribution is 2.38. The Morgan fingerprint density at radius 1 is 1.23 bits per heavy atom. The lowest BCUT2D eigenvalue weighted by atomic mass is 10.0. The van der Waals surface area contributed by atoms with Crippen molar-refractivity contribution < 1.29 is 47.9 Å². The highest BCUT2D eigenvalue weighted by atomic mass is 16.8. The minimum Gasteiger partial charge on any atom is -0.456 e. The Bertz CT molecular complexity index is 1390. The van der Waals surface area contributed by atoms with Crippen LogP contribution in [0.4, 0.5) is 0 Å². The van der Waals surface area contributed by atoms with Crippen molar-refractivity contribution in [2.24, 2.45) is 5.73 Å². The van der Waals surface area contributed by atoms with E-state index in [1.54, 1.807) is 13.8 Å². The summed E-state index contributed by atoms with van der Waals surface area (Å²) >= 11 is 0. The predicted molar refractivity (Wildman–Crippen MR) is 142 cm³/mol. The van der Waals surface area contributed by atoms with Crippen molar-refractivity contribution in [1.29, 1.82) is 0 Å². The first kappa shape index (κ1) is 30.8. The molecule has 9 atom stereocenters. The van der Waals surface area contributed by atoms with Crippen LogP contribution in [-0.2, 0) is 42.8 Å². The molecule has 0 aliphatic carbocycles. The van der Waals surface area contributed by atoms with Crippen LogP contribution in [0.5, 0.6) is 0 Å². The molecule has 17 nitrogen and oxygen atoms in total. The number of nitrogens with zero attached hydrogens (tertiary/aromatic N) is 1. The molecule has 3 fully saturated rings. The van der Waals surface area contributed by atoms with Gasteiger partial charge in [0.25, 0.3) is 11.5 Å². The van der Waals surface area contributed by atoms with Gasteiger partial charge in [0.15, 0.2) is 30.0 Å². The SMILES string of the molecule is COC1C(O)C(n2ccc(=O)[nH]c2=O)OC1C(OC1OC(C(=O)NC2CCCCNC2=O)=CC2OC(C)(C)OC21)C(N)=O. The minimum absolute atomic E-state index is 0.235. The number of hydrogen-bond acceptors (Lipinski definition) is 12. The Labute approximate surface area is 244 Å². The lowest BCUT2D eigenvalue weighted by Gasteiger charge is -2.35. The van der Waals surface area contributed by atoms with Gasteiger partial charge in [0.2, 0.25) is 18.1 Å². The van der Waals surface area contributed by atoms with Crippen molar-refractivity contribution in [3.8, 4) is 0 Å². The van der Waals surface area contributed by atoms with E-state index in [1.165, 1.54) is 13.2 Å². The van der Waals surface area contributed by atoms with Crippen LogP contribution in [0.25, 0.3) is 0 Å². The van der Waals surface area contributed by atoms with Gasteiger partial charge in [0, 0.05) is 25.9 Å². The number of carbonyl (C=O) groups excluding carboxylic acids is 3. The molecule has 0 saturated carbocycles. The molecule has 5 rings (SSSR count). The normalized spacial score (nSPS) is 34.2. The van der Waals surface area contributed by atoms with Crippen LogP contribution in [0.3, 0.4) is 0 Å². The maximum absolute atomic E-state index is 13.2. The van der Waals surface area contributed by atoms with Crippen LogP contribution < -0.4 is 27.6 Å². The highest BCUT2D eigenvalue weighted by molar-refractivity contribution is 5.95. The minimum atomic E-state index is -1.66. The molecular formula is C26H35N5O12. The van der Waals surface area contributed by atoms with Crippen LogP contribution in [0.1, 0.15) is 39.3 Å². The molecule has 236 valence electrons. The summed E-state index contributed by atoms with van der Waals surface area (Å²) in [6.45, 7) is 3.79. The van der Waals surface area contributed by atoms with Crippen molar-refractivity contribution in [2.45, 2.75) is 94.1 Å². The summed E-state index contributed by atoms with van der Waals surface area (Å²) in [5.41, 5.74) is 4.17. The number of methoxy groups -OCH3 is 1. The predicted octanol–water partition coefficient (Wildman–Crippen LogP) is -2.77. The van der Waals surface area contributed by atoms with Crippen LogP contribution >= 0.6 is 0 Å². The monoisotopic (exact) mass is 609 g/mol. The first-order valence-corrected chi connectivity index (χ1v) is 13.8. The van der Waals surface area contributed by atoms with E-state index in [4.69, 9.17) is 34.2 Å². The van der Waals surface area contributed by atoms with Gasteiger partial charge in [-0.3, -0.25) is 28.7 Å². The average Bonchev–Trinajstić information content (AvgIpc) is 3.35. The van der Waals surface area contributed by atoms with Crippen LogP contribution in [0.2, 0.25) is 0 Å². The number of H-pyrrole nitrogens is 1. The standard InChI is InChI=1S/C26H35N5O12/c1-26(2)42-12-10-13(22(36)29-11-6-4-5-8-28-21(11)35)39-24(16(12)43-26)41-19(20(27)34)18-17(38-3)15(33)23(40-18)31-9-7-14(32)30-25(31)37/h7,9-12,15-19,23-24,33H,4-6,8H2,1-3H3,(H2,27,34)(H,28,35)(H,29,36)(H,30,32,37). The first-order chi connectivity index (χ1) is 20.4. The molecule has 9 unspecified atom stereocenters. The van der Waals surface area contributed by atoms with Gasteiger partial charge in [-0.05, 0) is 39.2 Å². The molecule has 4 aliphatic heterocycles. The van der Waals surface area contributed by atoms with E-state index in [9.17, 15) is 29.1 Å². The fourth-order valence-corrected chi connectivity index (χ4v) is 5.58. The molecule has 0 spiro atoms. The van der Waals surface area contributed by atoms with Gasteiger partial charge in [-0.15, -0.1) is 0 Å². The Morgan fingerprint density at radius 2 is 2.00 bits per heavy atom. The summed E-state index contributed by atoms with van der Waals surface area (Å²) in [5.74, 6) is -3.43. The average molecular weight is 610 g/mol. The Hall–Kier alpha value is -3.61. The van der Waals surface area contributed by atoms with Crippen molar-refractivity contribution in [3.63, 3.8) is 0 Å². The van der Waals surface area contributed by atoms with Crippen molar-refractivity contribution in [2.75, 3.05) is 13.7 Å². The van der Waals surface area contributed by atoms with Gasteiger partial charge in [-0.2, -0.15) is 0 Å². The first-order valence-electron chi connectivity index (χ1n) is 13.8. The summed E-state index contributed by atoms with van der Waals surface area (Å²) in [6.07, 6.45) is -5.97. The number of carbonyl (C=O) groups is 3. The number of aromatic nitrogens is 2. The molecule has 3 saturated heterocycles. The second-order valence-electron chi connectivity index (χ2n) is 11.1. The third-order valence-electron chi connectivity index (χ3n) is 7.56. The maximum Gasteiger partial charge on any atom is 0.330 e. The third kappa shape index (κ3) is 6.36. The summed E-state index contributed by atoms with van der Waals surface area (Å²) in [6, 6.07) is 0.276. The maximum atomic E-state index is 13.2. The summed E-state index contributed by atoms with van der Waals surface area (Å²) < 4.78 is 35.9. The van der Waals surface area contributed by atoms with E-state index < -0.39 is 84.0 Å². The Kier molecular flexibility index (Phi) is 8.73. The number of nitrogens with one attached hydrogen (secondary N) is 3. The summed E-state index contributed by atoms with van der Waals surface area (Å²) in [5, 5.41) is 16.4. The number of hydrogen-bond donors (Lipinski definition) is 5. The smallest absolute Gasteiger partial charge is 0.330 e. The number of aromatic amines is 1. The zero-order valence-electron chi connectivity index (χ0n) is 23.7. The molecule has 3 amide bonds.